The number of nitrogens with zero attached hydrogens (tertiary/aromatic N) is 2. The van der Waals surface area contributed by atoms with Crippen LogP contribution in [0.25, 0.3) is 11.0 Å². The van der Waals surface area contributed by atoms with E-state index >= 15 is 0 Å². The van der Waals surface area contributed by atoms with Crippen LogP contribution in [0.3, 0.4) is 0 Å². The second kappa shape index (κ2) is 4.55. The number of H-pyrrole nitrogens is 1. The maximum Gasteiger partial charge on any atom is 0.204 e. The Bertz CT molecular complexity index is 480. The number of halogens is 1. The van der Waals surface area contributed by atoms with E-state index in [1.165, 1.54) is 0 Å². The summed E-state index contributed by atoms with van der Waals surface area (Å²) in [5.74, 6) is 1.43. The normalized spacial score (nSPS) is 21.0. The number of benzene rings is 1. The second-order valence-electron chi connectivity index (χ2n) is 4.17. The molecule has 90 valence electrons. The molecule has 17 heavy (non-hydrogen) atoms. The van der Waals surface area contributed by atoms with Crippen LogP contribution in [0, 0.1) is 0 Å². The molecule has 1 unspecified atom stereocenters. The summed E-state index contributed by atoms with van der Waals surface area (Å²) in [6.45, 7) is 2.35. The highest BCUT2D eigenvalue weighted by molar-refractivity contribution is 6.18. The van der Waals surface area contributed by atoms with E-state index in [1.807, 2.05) is 24.3 Å². The number of hydrogen-bond acceptors (Lipinski definition) is 3. The Balaban J connectivity index is 1.87. The Hall–Kier alpha value is -1.26. The summed E-state index contributed by atoms with van der Waals surface area (Å²) in [6, 6.07) is 8.04. The summed E-state index contributed by atoms with van der Waals surface area (Å²) in [5, 5.41) is 0. The van der Waals surface area contributed by atoms with E-state index in [-0.39, 0.29) is 6.10 Å². The molecule has 0 amide bonds. The first-order valence-corrected chi connectivity index (χ1v) is 6.27. The van der Waals surface area contributed by atoms with Crippen molar-refractivity contribution in [3.63, 3.8) is 0 Å². The van der Waals surface area contributed by atoms with Gasteiger partial charge >= 0.3 is 0 Å². The number of imidazole rings is 1. The number of rotatable bonds is 2. The minimum Gasteiger partial charge on any atom is -0.373 e. The lowest BCUT2D eigenvalue weighted by Gasteiger charge is -2.31. The molecule has 1 atom stereocenters. The van der Waals surface area contributed by atoms with Crippen molar-refractivity contribution in [2.24, 2.45) is 0 Å². The van der Waals surface area contributed by atoms with Crippen LogP contribution in [0.2, 0.25) is 0 Å². The van der Waals surface area contributed by atoms with Gasteiger partial charge in [0, 0.05) is 13.1 Å². The molecule has 2 heterocycles. The SMILES string of the molecule is ClCC1CN(c2nc3ccccc3[nH]2)CCO1. The molecular weight excluding hydrogens is 238 g/mol. The summed E-state index contributed by atoms with van der Waals surface area (Å²) < 4.78 is 5.54. The number of hydrogen-bond donors (Lipinski definition) is 1. The Morgan fingerprint density at radius 1 is 1.47 bits per heavy atom. The van der Waals surface area contributed by atoms with Gasteiger partial charge in [-0.05, 0) is 12.1 Å². The van der Waals surface area contributed by atoms with Crippen LogP contribution in [-0.4, -0.2) is 41.6 Å². The number of para-hydroxylation sites is 2. The predicted octanol–water partition coefficient (Wildman–Crippen LogP) is 2.01. The number of fused-ring (bicyclic) bond motifs is 1. The van der Waals surface area contributed by atoms with E-state index in [0.29, 0.717) is 12.5 Å². The molecule has 0 spiro atoms. The van der Waals surface area contributed by atoms with Gasteiger partial charge in [-0.25, -0.2) is 4.98 Å². The van der Waals surface area contributed by atoms with Crippen molar-refractivity contribution in [2.45, 2.75) is 6.10 Å². The third kappa shape index (κ3) is 2.10. The number of aromatic nitrogens is 2. The Morgan fingerprint density at radius 3 is 3.18 bits per heavy atom. The minimum atomic E-state index is 0.0960. The monoisotopic (exact) mass is 251 g/mol. The van der Waals surface area contributed by atoms with Gasteiger partial charge in [-0.3, -0.25) is 0 Å². The second-order valence-corrected chi connectivity index (χ2v) is 4.48. The van der Waals surface area contributed by atoms with Crippen molar-refractivity contribution >= 4 is 28.6 Å². The molecule has 5 heteroatoms. The number of anilines is 1. The summed E-state index contributed by atoms with van der Waals surface area (Å²) in [4.78, 5) is 10.1. The van der Waals surface area contributed by atoms with Gasteiger partial charge in [0.2, 0.25) is 5.95 Å². The molecule has 3 rings (SSSR count). The van der Waals surface area contributed by atoms with E-state index < -0.39 is 0 Å². The van der Waals surface area contributed by atoms with Gasteiger partial charge in [-0.15, -0.1) is 11.6 Å². The molecule has 1 saturated heterocycles. The molecule has 1 aromatic carbocycles. The Labute approximate surface area is 105 Å². The molecule has 1 aromatic heterocycles. The van der Waals surface area contributed by atoms with Gasteiger partial charge in [0.25, 0.3) is 0 Å². The molecule has 1 aliphatic heterocycles. The standard InChI is InChI=1S/C12H14ClN3O/c13-7-9-8-16(5-6-17-9)12-14-10-3-1-2-4-11(10)15-12/h1-4,9H,5-8H2,(H,14,15). The van der Waals surface area contributed by atoms with Crippen LogP contribution >= 0.6 is 11.6 Å². The molecule has 2 aromatic rings. The quantitative estimate of drug-likeness (QED) is 0.831. The summed E-state index contributed by atoms with van der Waals surface area (Å²) in [7, 11) is 0. The van der Waals surface area contributed by atoms with Crippen molar-refractivity contribution in [3.05, 3.63) is 24.3 Å². The summed E-state index contributed by atoms with van der Waals surface area (Å²) in [6.07, 6.45) is 0.0960. The van der Waals surface area contributed by atoms with Crippen molar-refractivity contribution in [3.8, 4) is 0 Å². The van der Waals surface area contributed by atoms with E-state index in [1.54, 1.807) is 0 Å². The third-order valence-corrected chi connectivity index (χ3v) is 3.33. The molecule has 1 fully saturated rings. The Morgan fingerprint density at radius 2 is 2.35 bits per heavy atom. The van der Waals surface area contributed by atoms with Gasteiger partial charge in [-0.1, -0.05) is 12.1 Å². The topological polar surface area (TPSA) is 41.2 Å². The van der Waals surface area contributed by atoms with E-state index in [2.05, 4.69) is 14.9 Å². The zero-order chi connectivity index (χ0) is 11.7. The lowest BCUT2D eigenvalue weighted by Crippen LogP contribution is -2.43. The molecule has 0 aliphatic carbocycles. The highest BCUT2D eigenvalue weighted by Gasteiger charge is 2.21. The average molecular weight is 252 g/mol. The molecular formula is C12H14ClN3O. The number of alkyl halides is 1. The predicted molar refractivity (Wildman–Crippen MR) is 68.8 cm³/mol. The van der Waals surface area contributed by atoms with Crippen LogP contribution in [0.1, 0.15) is 0 Å². The van der Waals surface area contributed by atoms with Gasteiger partial charge in [0.15, 0.2) is 0 Å². The van der Waals surface area contributed by atoms with Gasteiger partial charge in [0.05, 0.1) is 29.6 Å². The van der Waals surface area contributed by atoms with Crippen LogP contribution < -0.4 is 4.90 Å². The highest BCUT2D eigenvalue weighted by Crippen LogP contribution is 2.19. The van der Waals surface area contributed by atoms with Gasteiger partial charge in [-0.2, -0.15) is 0 Å². The molecule has 1 aliphatic rings. The first-order chi connectivity index (χ1) is 8.36. The van der Waals surface area contributed by atoms with Crippen LogP contribution in [0.15, 0.2) is 24.3 Å². The molecule has 0 bridgehead atoms. The van der Waals surface area contributed by atoms with Crippen molar-refractivity contribution in [1.82, 2.24) is 9.97 Å². The number of morpholine rings is 1. The maximum absolute atomic E-state index is 5.83. The lowest BCUT2D eigenvalue weighted by molar-refractivity contribution is 0.0549. The number of aromatic amines is 1. The van der Waals surface area contributed by atoms with Gasteiger partial charge < -0.3 is 14.6 Å². The van der Waals surface area contributed by atoms with E-state index in [0.717, 1.165) is 30.1 Å². The van der Waals surface area contributed by atoms with Crippen molar-refractivity contribution in [1.29, 1.82) is 0 Å². The number of nitrogens with one attached hydrogen (secondary N) is 1. The molecule has 0 saturated carbocycles. The number of ether oxygens (including phenoxy) is 1. The van der Waals surface area contributed by atoms with E-state index in [9.17, 15) is 0 Å². The fraction of sp³-hybridized carbons (Fsp3) is 0.417. The zero-order valence-electron chi connectivity index (χ0n) is 9.40. The van der Waals surface area contributed by atoms with Gasteiger partial charge in [0.1, 0.15) is 0 Å². The fourth-order valence-electron chi connectivity index (χ4n) is 2.09. The minimum absolute atomic E-state index is 0.0960. The van der Waals surface area contributed by atoms with Crippen LogP contribution in [-0.2, 0) is 4.74 Å². The highest BCUT2D eigenvalue weighted by atomic mass is 35.5. The average Bonchev–Trinajstić information content (AvgIpc) is 2.82. The summed E-state index contributed by atoms with van der Waals surface area (Å²) >= 11 is 5.83. The van der Waals surface area contributed by atoms with Crippen molar-refractivity contribution in [2.75, 3.05) is 30.5 Å². The van der Waals surface area contributed by atoms with Crippen molar-refractivity contribution < 1.29 is 4.74 Å². The first kappa shape index (κ1) is 10.9. The summed E-state index contributed by atoms with van der Waals surface area (Å²) in [5.41, 5.74) is 2.06. The zero-order valence-corrected chi connectivity index (χ0v) is 10.2. The fourth-order valence-corrected chi connectivity index (χ4v) is 2.28. The van der Waals surface area contributed by atoms with Crippen LogP contribution in [0.4, 0.5) is 5.95 Å². The molecule has 1 N–H and O–H groups in total. The smallest absolute Gasteiger partial charge is 0.204 e. The first-order valence-electron chi connectivity index (χ1n) is 5.74. The molecule has 4 nitrogen and oxygen atoms in total. The van der Waals surface area contributed by atoms with Crippen LogP contribution in [0.5, 0.6) is 0 Å². The largest absolute Gasteiger partial charge is 0.373 e. The maximum atomic E-state index is 5.83. The van der Waals surface area contributed by atoms with E-state index in [4.69, 9.17) is 16.3 Å². The molecule has 0 radical (unpaired) electrons. The Kier molecular flexibility index (Phi) is 2.91. The third-order valence-electron chi connectivity index (χ3n) is 2.99. The lowest BCUT2D eigenvalue weighted by atomic mass is 10.3.